The Morgan fingerprint density at radius 3 is 2.43 bits per heavy atom. The number of aryl methyl sites for hydroxylation is 1. The van der Waals surface area contributed by atoms with E-state index in [9.17, 15) is 9.90 Å². The summed E-state index contributed by atoms with van der Waals surface area (Å²) in [5.41, 5.74) is 2.22. The second kappa shape index (κ2) is 9.49. The van der Waals surface area contributed by atoms with Crippen molar-refractivity contribution < 1.29 is 19.4 Å². The molecule has 0 saturated carbocycles. The number of hydrogen-bond donors (Lipinski definition) is 2. The number of ether oxygens (including phenoxy) is 2. The Kier molecular flexibility index (Phi) is 7.00. The number of carbonyl (C=O) groups is 1. The van der Waals surface area contributed by atoms with E-state index in [0.29, 0.717) is 44.0 Å². The summed E-state index contributed by atoms with van der Waals surface area (Å²) in [6.45, 7) is 5.72. The zero-order chi connectivity index (χ0) is 21.7. The SMILES string of the molecule is COc1ccc(CNC(=O)C(C)N2CCC(O)(c3ccccc3C)CC2)cc1OC. The summed E-state index contributed by atoms with van der Waals surface area (Å²) in [5.74, 6) is 1.28. The Morgan fingerprint density at radius 2 is 1.80 bits per heavy atom. The zero-order valence-electron chi connectivity index (χ0n) is 18.3. The van der Waals surface area contributed by atoms with Crippen molar-refractivity contribution in [2.24, 2.45) is 0 Å². The number of amides is 1. The lowest BCUT2D eigenvalue weighted by Gasteiger charge is -2.41. The smallest absolute Gasteiger partial charge is 0.237 e. The molecular weight excluding hydrogens is 380 g/mol. The minimum atomic E-state index is -0.822. The van der Waals surface area contributed by atoms with E-state index < -0.39 is 5.60 Å². The maximum Gasteiger partial charge on any atom is 0.237 e. The molecule has 0 aromatic heterocycles. The lowest BCUT2D eigenvalue weighted by molar-refractivity contribution is -0.128. The van der Waals surface area contributed by atoms with Gasteiger partial charge in [-0.2, -0.15) is 0 Å². The van der Waals surface area contributed by atoms with Crippen LogP contribution < -0.4 is 14.8 Å². The summed E-state index contributed by atoms with van der Waals surface area (Å²) >= 11 is 0. The first-order chi connectivity index (χ1) is 14.4. The lowest BCUT2D eigenvalue weighted by Crippen LogP contribution is -2.51. The highest BCUT2D eigenvalue weighted by Crippen LogP contribution is 2.35. The molecule has 6 heteroatoms. The maximum absolute atomic E-state index is 12.7. The minimum absolute atomic E-state index is 0.0221. The molecule has 1 aliphatic heterocycles. The van der Waals surface area contributed by atoms with Crippen LogP contribution in [0.4, 0.5) is 0 Å². The van der Waals surface area contributed by atoms with E-state index in [1.165, 1.54) is 0 Å². The fraction of sp³-hybridized carbons (Fsp3) is 0.458. The average Bonchev–Trinajstić information content (AvgIpc) is 2.77. The molecule has 6 nitrogen and oxygen atoms in total. The van der Waals surface area contributed by atoms with Gasteiger partial charge in [0.2, 0.25) is 5.91 Å². The van der Waals surface area contributed by atoms with Gasteiger partial charge in [-0.05, 0) is 55.5 Å². The van der Waals surface area contributed by atoms with Gasteiger partial charge in [0.05, 0.1) is 25.9 Å². The molecule has 162 valence electrons. The minimum Gasteiger partial charge on any atom is -0.493 e. The van der Waals surface area contributed by atoms with Crippen LogP contribution >= 0.6 is 0 Å². The first kappa shape index (κ1) is 22.1. The van der Waals surface area contributed by atoms with Crippen LogP contribution in [0.15, 0.2) is 42.5 Å². The summed E-state index contributed by atoms with van der Waals surface area (Å²) in [4.78, 5) is 14.8. The van der Waals surface area contributed by atoms with Gasteiger partial charge >= 0.3 is 0 Å². The topological polar surface area (TPSA) is 71.0 Å². The normalized spacial score (nSPS) is 17.2. The summed E-state index contributed by atoms with van der Waals surface area (Å²) in [5, 5.41) is 14.2. The molecule has 1 fully saturated rings. The second-order valence-electron chi connectivity index (χ2n) is 7.97. The third kappa shape index (κ3) is 4.77. The molecule has 1 heterocycles. The van der Waals surface area contributed by atoms with Gasteiger partial charge in [-0.15, -0.1) is 0 Å². The standard InChI is InChI=1S/C24H32N2O4/c1-17-7-5-6-8-20(17)24(28)11-13-26(14-12-24)18(2)23(27)25-16-19-9-10-21(29-3)22(15-19)30-4/h5-10,15,18,28H,11-14,16H2,1-4H3,(H,25,27). The summed E-state index contributed by atoms with van der Waals surface area (Å²) in [6.07, 6.45) is 1.23. The Morgan fingerprint density at radius 1 is 1.13 bits per heavy atom. The highest BCUT2D eigenvalue weighted by atomic mass is 16.5. The van der Waals surface area contributed by atoms with Gasteiger partial charge in [-0.3, -0.25) is 9.69 Å². The number of carbonyl (C=O) groups excluding carboxylic acids is 1. The molecule has 0 spiro atoms. The molecule has 1 aliphatic rings. The number of aliphatic hydroxyl groups is 1. The summed E-state index contributed by atoms with van der Waals surface area (Å²) in [6, 6.07) is 13.3. The fourth-order valence-electron chi connectivity index (χ4n) is 4.14. The predicted octanol–water partition coefficient (Wildman–Crippen LogP) is 3.00. The average molecular weight is 413 g/mol. The molecule has 3 rings (SSSR count). The van der Waals surface area contributed by atoms with Gasteiger partial charge in [-0.1, -0.05) is 30.3 Å². The summed E-state index contributed by atoms with van der Waals surface area (Å²) < 4.78 is 10.6. The zero-order valence-corrected chi connectivity index (χ0v) is 18.3. The lowest BCUT2D eigenvalue weighted by atomic mass is 9.82. The Hall–Kier alpha value is -2.57. The number of methoxy groups -OCH3 is 2. The molecule has 0 radical (unpaired) electrons. The number of nitrogens with zero attached hydrogens (tertiary/aromatic N) is 1. The van der Waals surface area contributed by atoms with Gasteiger partial charge in [0, 0.05) is 19.6 Å². The van der Waals surface area contributed by atoms with Crippen molar-refractivity contribution in [1.82, 2.24) is 10.2 Å². The highest BCUT2D eigenvalue weighted by molar-refractivity contribution is 5.81. The van der Waals surface area contributed by atoms with Crippen molar-refractivity contribution >= 4 is 5.91 Å². The molecule has 2 aromatic carbocycles. The molecule has 1 amide bonds. The van der Waals surface area contributed by atoms with Crippen LogP contribution in [-0.4, -0.2) is 49.3 Å². The van der Waals surface area contributed by atoms with Crippen LogP contribution in [0.3, 0.4) is 0 Å². The van der Waals surface area contributed by atoms with E-state index in [2.05, 4.69) is 10.2 Å². The van der Waals surface area contributed by atoms with Crippen LogP contribution in [0.1, 0.15) is 36.5 Å². The monoisotopic (exact) mass is 412 g/mol. The third-order valence-electron chi connectivity index (χ3n) is 6.11. The van der Waals surface area contributed by atoms with Crippen LogP contribution in [0.2, 0.25) is 0 Å². The Labute approximate surface area is 178 Å². The van der Waals surface area contributed by atoms with Gasteiger partial charge in [0.25, 0.3) is 0 Å². The number of hydrogen-bond acceptors (Lipinski definition) is 5. The number of benzene rings is 2. The number of likely N-dealkylation sites (tertiary alicyclic amines) is 1. The van der Waals surface area contributed by atoms with Crippen molar-refractivity contribution in [2.75, 3.05) is 27.3 Å². The number of nitrogens with one attached hydrogen (secondary N) is 1. The van der Waals surface area contributed by atoms with Gasteiger partial charge in [-0.25, -0.2) is 0 Å². The van der Waals surface area contributed by atoms with Crippen LogP contribution in [0.5, 0.6) is 11.5 Å². The Bertz CT molecular complexity index is 875. The number of piperidine rings is 1. The first-order valence-corrected chi connectivity index (χ1v) is 10.4. The molecule has 1 saturated heterocycles. The van der Waals surface area contributed by atoms with E-state index >= 15 is 0 Å². The molecule has 1 unspecified atom stereocenters. The molecule has 30 heavy (non-hydrogen) atoms. The fourth-order valence-corrected chi connectivity index (χ4v) is 4.14. The van der Waals surface area contributed by atoms with Crippen molar-refractivity contribution in [3.05, 3.63) is 59.2 Å². The molecule has 0 bridgehead atoms. The van der Waals surface area contributed by atoms with Gasteiger partial charge in [0.1, 0.15) is 0 Å². The third-order valence-corrected chi connectivity index (χ3v) is 6.11. The van der Waals surface area contributed by atoms with E-state index in [1.807, 2.05) is 56.3 Å². The van der Waals surface area contributed by atoms with Crippen molar-refractivity contribution in [3.63, 3.8) is 0 Å². The van der Waals surface area contributed by atoms with E-state index in [1.54, 1.807) is 14.2 Å². The number of rotatable bonds is 7. The highest BCUT2D eigenvalue weighted by Gasteiger charge is 2.37. The Balaban J connectivity index is 1.55. The van der Waals surface area contributed by atoms with Crippen LogP contribution in [0, 0.1) is 6.92 Å². The molecule has 2 aromatic rings. The molecular formula is C24H32N2O4. The van der Waals surface area contributed by atoms with E-state index in [-0.39, 0.29) is 11.9 Å². The summed E-state index contributed by atoms with van der Waals surface area (Å²) in [7, 11) is 3.19. The molecule has 1 atom stereocenters. The largest absolute Gasteiger partial charge is 0.493 e. The van der Waals surface area contributed by atoms with Gasteiger partial charge in [0.15, 0.2) is 11.5 Å². The van der Waals surface area contributed by atoms with Crippen molar-refractivity contribution in [3.8, 4) is 11.5 Å². The van der Waals surface area contributed by atoms with E-state index in [0.717, 1.165) is 16.7 Å². The first-order valence-electron chi connectivity index (χ1n) is 10.4. The van der Waals surface area contributed by atoms with Crippen molar-refractivity contribution in [2.45, 2.75) is 44.9 Å². The van der Waals surface area contributed by atoms with Gasteiger partial charge < -0.3 is 19.9 Å². The quantitative estimate of drug-likeness (QED) is 0.732. The van der Waals surface area contributed by atoms with Crippen molar-refractivity contribution in [1.29, 1.82) is 0 Å². The maximum atomic E-state index is 12.7. The van der Waals surface area contributed by atoms with Crippen LogP contribution in [-0.2, 0) is 16.9 Å². The predicted molar refractivity (Wildman–Crippen MR) is 117 cm³/mol. The molecule has 0 aliphatic carbocycles. The van der Waals surface area contributed by atoms with Crippen LogP contribution in [0.25, 0.3) is 0 Å². The second-order valence-corrected chi connectivity index (χ2v) is 7.97. The molecule has 2 N–H and O–H groups in total. The van der Waals surface area contributed by atoms with E-state index in [4.69, 9.17) is 9.47 Å².